The first-order valence-electron chi connectivity index (χ1n) is 11.5. The van der Waals surface area contributed by atoms with Crippen LogP contribution in [0.2, 0.25) is 0 Å². The first kappa shape index (κ1) is 23.5. The molecule has 182 valence electrons. The number of amides is 1. The number of hydrogen-bond acceptors (Lipinski definition) is 5. The maximum atomic E-state index is 15.0. The Morgan fingerprint density at radius 3 is 2.66 bits per heavy atom. The number of piperazine rings is 1. The number of aryl methyl sites for hydroxylation is 1. The lowest BCUT2D eigenvalue weighted by Gasteiger charge is -2.41. The zero-order valence-corrected chi connectivity index (χ0v) is 21.5. The largest absolute Gasteiger partial charge is 0.465 e. The highest BCUT2D eigenvalue weighted by Gasteiger charge is 2.33. The third kappa shape index (κ3) is 3.80. The van der Waals surface area contributed by atoms with Crippen LogP contribution in [0.25, 0.3) is 28.1 Å². The van der Waals surface area contributed by atoms with Crippen molar-refractivity contribution in [3.8, 4) is 17.2 Å². The van der Waals surface area contributed by atoms with E-state index in [0.717, 1.165) is 28.1 Å². The van der Waals surface area contributed by atoms with Gasteiger partial charge in [0.05, 0.1) is 27.1 Å². The summed E-state index contributed by atoms with van der Waals surface area (Å²) in [6.07, 6.45) is 2.39. The lowest BCUT2D eigenvalue weighted by Crippen LogP contribution is -2.53. The van der Waals surface area contributed by atoms with Crippen LogP contribution in [-0.4, -0.2) is 61.3 Å². The molecule has 3 aliphatic rings. The molecular weight excluding hydrogens is 515 g/mol. The van der Waals surface area contributed by atoms with Crippen molar-refractivity contribution in [2.75, 3.05) is 24.5 Å². The van der Waals surface area contributed by atoms with Crippen molar-refractivity contribution in [3.05, 3.63) is 52.3 Å². The molecule has 1 aromatic heterocycles. The van der Waals surface area contributed by atoms with Gasteiger partial charge in [0.15, 0.2) is 5.82 Å². The lowest BCUT2D eigenvalue weighted by atomic mass is 10.0. The zero-order chi connectivity index (χ0) is 25.0. The summed E-state index contributed by atoms with van der Waals surface area (Å²) in [5.74, 6) is 0.419. The van der Waals surface area contributed by atoms with Crippen LogP contribution in [0.1, 0.15) is 37.9 Å². The molecule has 8 nitrogen and oxygen atoms in total. The summed E-state index contributed by atoms with van der Waals surface area (Å²) in [5.41, 5.74) is 5.03. The number of rotatable bonds is 3. The molecular formula is C25H26BrFN6O2. The second kappa shape index (κ2) is 8.75. The Kier molecular flexibility index (Phi) is 5.86. The second-order valence-electron chi connectivity index (χ2n) is 9.30. The highest BCUT2D eigenvalue weighted by atomic mass is 79.9. The van der Waals surface area contributed by atoms with Crippen molar-refractivity contribution < 1.29 is 14.3 Å². The summed E-state index contributed by atoms with van der Waals surface area (Å²) in [5, 5.41) is 10.2. The molecule has 0 spiro atoms. The zero-order valence-electron chi connectivity index (χ0n) is 20.0. The SMILES string of the molecule is Cc1ccnc(C(C)C)c1-n1c2ncnc-2c(N2CCN(C(=O)O)C[C@@H]2C)c2cc(F)c(Br)cc21. The number of nitrogens with zero attached hydrogens (tertiary/aromatic N) is 6. The molecule has 1 aromatic carbocycles. The molecule has 35 heavy (non-hydrogen) atoms. The summed E-state index contributed by atoms with van der Waals surface area (Å²) in [4.78, 5) is 29.0. The lowest BCUT2D eigenvalue weighted by molar-refractivity contribution is 0.136. The molecule has 0 bridgehead atoms. The molecule has 1 amide bonds. The van der Waals surface area contributed by atoms with E-state index in [2.05, 4.69) is 49.6 Å². The second-order valence-corrected chi connectivity index (χ2v) is 10.2. The number of halogens is 2. The third-order valence-corrected chi connectivity index (χ3v) is 7.27. The topological polar surface area (TPSA) is 87.4 Å². The summed E-state index contributed by atoms with van der Waals surface area (Å²) in [6.45, 7) is 9.36. The molecule has 10 heteroatoms. The predicted octanol–water partition coefficient (Wildman–Crippen LogP) is 5.44. The number of benzene rings is 1. The van der Waals surface area contributed by atoms with E-state index in [1.807, 2.05) is 24.5 Å². The molecule has 1 atom stereocenters. The van der Waals surface area contributed by atoms with Gasteiger partial charge < -0.3 is 14.9 Å². The molecule has 3 aliphatic heterocycles. The monoisotopic (exact) mass is 540 g/mol. The van der Waals surface area contributed by atoms with E-state index in [9.17, 15) is 14.3 Å². The van der Waals surface area contributed by atoms with Crippen LogP contribution < -0.4 is 4.90 Å². The van der Waals surface area contributed by atoms with Crippen LogP contribution in [-0.2, 0) is 0 Å². The Bertz CT molecular complexity index is 1420. The number of aromatic nitrogens is 4. The van der Waals surface area contributed by atoms with Crippen molar-refractivity contribution in [3.63, 3.8) is 0 Å². The molecule has 0 saturated carbocycles. The Hall–Kier alpha value is -3.27. The molecule has 0 radical (unpaired) electrons. The van der Waals surface area contributed by atoms with Crippen molar-refractivity contribution >= 4 is 38.6 Å². The van der Waals surface area contributed by atoms with Gasteiger partial charge in [-0.15, -0.1) is 0 Å². The fraction of sp³-hybridized carbons (Fsp3) is 0.360. The van der Waals surface area contributed by atoms with E-state index in [0.29, 0.717) is 41.0 Å². The van der Waals surface area contributed by atoms with Gasteiger partial charge in [-0.25, -0.2) is 19.2 Å². The van der Waals surface area contributed by atoms with Gasteiger partial charge in [0.25, 0.3) is 0 Å². The van der Waals surface area contributed by atoms with Crippen molar-refractivity contribution in [2.24, 2.45) is 0 Å². The molecule has 2 aromatic rings. The number of hydrogen-bond donors (Lipinski definition) is 1. The minimum Gasteiger partial charge on any atom is -0.465 e. The van der Waals surface area contributed by atoms with Crippen LogP contribution in [0.5, 0.6) is 0 Å². The molecule has 5 rings (SSSR count). The summed E-state index contributed by atoms with van der Waals surface area (Å²) >= 11 is 3.37. The summed E-state index contributed by atoms with van der Waals surface area (Å²) in [6, 6.07) is 5.13. The molecule has 0 unspecified atom stereocenters. The quantitative estimate of drug-likeness (QED) is 0.372. The Labute approximate surface area is 210 Å². The Morgan fingerprint density at radius 2 is 1.97 bits per heavy atom. The van der Waals surface area contributed by atoms with Crippen LogP contribution in [0.4, 0.5) is 14.9 Å². The molecule has 4 heterocycles. The van der Waals surface area contributed by atoms with Gasteiger partial charge in [0.1, 0.15) is 17.8 Å². The van der Waals surface area contributed by atoms with E-state index >= 15 is 0 Å². The number of carbonyl (C=O) groups is 1. The van der Waals surface area contributed by atoms with Gasteiger partial charge in [0.2, 0.25) is 0 Å². The van der Waals surface area contributed by atoms with Gasteiger partial charge in [-0.2, -0.15) is 0 Å². The Balaban J connectivity index is 1.85. The fourth-order valence-electron chi connectivity index (χ4n) is 5.01. The highest BCUT2D eigenvalue weighted by molar-refractivity contribution is 9.10. The summed E-state index contributed by atoms with van der Waals surface area (Å²) < 4.78 is 17.4. The number of pyridine rings is 2. The first-order chi connectivity index (χ1) is 16.7. The van der Waals surface area contributed by atoms with E-state index in [1.165, 1.54) is 17.3 Å². The third-order valence-electron chi connectivity index (χ3n) is 6.66. The molecule has 0 aliphatic carbocycles. The minimum atomic E-state index is -0.936. The van der Waals surface area contributed by atoms with Crippen LogP contribution in [0, 0.1) is 12.7 Å². The van der Waals surface area contributed by atoms with Crippen LogP contribution in [0.3, 0.4) is 0 Å². The van der Waals surface area contributed by atoms with Crippen LogP contribution in [0.15, 0.2) is 35.2 Å². The van der Waals surface area contributed by atoms with E-state index in [4.69, 9.17) is 0 Å². The summed E-state index contributed by atoms with van der Waals surface area (Å²) in [7, 11) is 0. The first-order valence-corrected chi connectivity index (χ1v) is 12.3. The van der Waals surface area contributed by atoms with Gasteiger partial charge in [-0.3, -0.25) is 9.55 Å². The Morgan fingerprint density at radius 1 is 1.20 bits per heavy atom. The average Bonchev–Trinajstić information content (AvgIpc) is 3.28. The normalized spacial score (nSPS) is 16.6. The number of fused-ring (bicyclic) bond motifs is 2. The van der Waals surface area contributed by atoms with E-state index in [-0.39, 0.29) is 17.8 Å². The van der Waals surface area contributed by atoms with E-state index < -0.39 is 6.09 Å². The predicted molar refractivity (Wildman–Crippen MR) is 136 cm³/mol. The smallest absolute Gasteiger partial charge is 0.407 e. The minimum absolute atomic E-state index is 0.128. The van der Waals surface area contributed by atoms with Gasteiger partial charge in [-0.05, 0) is 59.5 Å². The number of anilines is 1. The average molecular weight is 541 g/mol. The van der Waals surface area contributed by atoms with Crippen molar-refractivity contribution in [1.82, 2.24) is 24.4 Å². The molecule has 1 fully saturated rings. The van der Waals surface area contributed by atoms with Gasteiger partial charge in [0, 0.05) is 37.3 Å². The standard InChI is InChI=1S/C25H26BrFN6O2/c1-13(2)20-22(14(3)5-6-28-20)33-19-10-17(26)18(27)9-16(19)23(21-24(33)30-12-29-21)32-8-7-31(25(34)35)11-15(32)4/h5-6,9-10,12-13,15H,7-8,11H2,1-4H3,(H,34,35)/t15-/m0/s1. The van der Waals surface area contributed by atoms with E-state index in [1.54, 1.807) is 12.3 Å². The van der Waals surface area contributed by atoms with Crippen molar-refractivity contribution in [1.29, 1.82) is 0 Å². The molecule has 1 saturated heterocycles. The maximum absolute atomic E-state index is 15.0. The molecule has 1 N–H and O–H groups in total. The van der Waals surface area contributed by atoms with Crippen molar-refractivity contribution in [2.45, 2.75) is 39.7 Å². The fourth-order valence-corrected chi connectivity index (χ4v) is 5.34. The van der Waals surface area contributed by atoms with Crippen LogP contribution >= 0.6 is 15.9 Å². The highest BCUT2D eigenvalue weighted by Crippen LogP contribution is 2.43. The maximum Gasteiger partial charge on any atom is 0.407 e. The number of imidazole rings is 1. The van der Waals surface area contributed by atoms with Gasteiger partial charge in [-0.1, -0.05) is 13.8 Å². The number of carboxylic acid groups (broad SMARTS) is 1. The van der Waals surface area contributed by atoms with Gasteiger partial charge >= 0.3 is 6.09 Å².